The second-order valence-electron chi connectivity index (χ2n) is 4.51. The summed E-state index contributed by atoms with van der Waals surface area (Å²) in [6, 6.07) is 0.541. The van der Waals surface area contributed by atoms with Gasteiger partial charge in [0.2, 0.25) is 0 Å². The highest BCUT2D eigenvalue weighted by atomic mass is 16.5. The minimum absolute atomic E-state index is 0.541. The Balaban J connectivity index is 1.67. The Morgan fingerprint density at radius 2 is 2.38 bits per heavy atom. The maximum absolute atomic E-state index is 5.41. The van der Waals surface area contributed by atoms with Crippen molar-refractivity contribution in [2.75, 3.05) is 53.0 Å². The first-order chi connectivity index (χ1) is 7.77. The summed E-state index contributed by atoms with van der Waals surface area (Å²) in [6.45, 7) is 8.99. The van der Waals surface area contributed by atoms with Gasteiger partial charge in [-0.2, -0.15) is 0 Å². The lowest BCUT2D eigenvalue weighted by molar-refractivity contribution is 0.000848. The lowest BCUT2D eigenvalue weighted by Gasteiger charge is -2.33. The molecule has 16 heavy (non-hydrogen) atoms. The van der Waals surface area contributed by atoms with Crippen molar-refractivity contribution in [3.63, 3.8) is 0 Å². The molecular formula is C11H22N4O. The monoisotopic (exact) mass is 226 g/mol. The summed E-state index contributed by atoms with van der Waals surface area (Å²) in [5.41, 5.74) is 0. The zero-order valence-electron chi connectivity index (χ0n) is 10.3. The minimum Gasteiger partial charge on any atom is -0.379 e. The van der Waals surface area contributed by atoms with E-state index in [-0.39, 0.29) is 0 Å². The van der Waals surface area contributed by atoms with Crippen molar-refractivity contribution in [2.45, 2.75) is 13.0 Å². The van der Waals surface area contributed by atoms with E-state index < -0.39 is 0 Å². The highest BCUT2D eigenvalue weighted by molar-refractivity contribution is 5.81. The van der Waals surface area contributed by atoms with E-state index in [2.05, 4.69) is 34.1 Å². The van der Waals surface area contributed by atoms with E-state index in [0.717, 1.165) is 51.9 Å². The third kappa shape index (κ3) is 2.86. The first kappa shape index (κ1) is 11.7. The smallest absolute Gasteiger partial charge is 0.193 e. The Kier molecular flexibility index (Phi) is 4.01. The molecule has 0 aromatic rings. The first-order valence-corrected chi connectivity index (χ1v) is 6.08. The van der Waals surface area contributed by atoms with Crippen LogP contribution in [-0.2, 0) is 4.74 Å². The topological polar surface area (TPSA) is 40.1 Å². The van der Waals surface area contributed by atoms with Crippen LogP contribution >= 0.6 is 0 Å². The number of guanidine groups is 1. The maximum Gasteiger partial charge on any atom is 0.193 e. The van der Waals surface area contributed by atoms with Gasteiger partial charge in [0.1, 0.15) is 0 Å². The van der Waals surface area contributed by atoms with Gasteiger partial charge in [-0.15, -0.1) is 0 Å². The van der Waals surface area contributed by atoms with E-state index in [1.165, 1.54) is 0 Å². The Bertz CT molecular complexity index is 256. The summed E-state index contributed by atoms with van der Waals surface area (Å²) in [5.74, 6) is 1.04. The minimum atomic E-state index is 0.541. The average Bonchev–Trinajstić information content (AvgIpc) is 2.67. The SMILES string of the molecule is CC1COCCN1CCNC1=NCCN1C. The molecule has 0 bridgehead atoms. The molecular weight excluding hydrogens is 204 g/mol. The van der Waals surface area contributed by atoms with Crippen LogP contribution in [0.15, 0.2) is 4.99 Å². The van der Waals surface area contributed by atoms with E-state index in [1.54, 1.807) is 0 Å². The van der Waals surface area contributed by atoms with Gasteiger partial charge in [0.05, 0.1) is 19.8 Å². The van der Waals surface area contributed by atoms with E-state index >= 15 is 0 Å². The number of aliphatic imine (C=N–C) groups is 1. The molecule has 0 aromatic heterocycles. The van der Waals surface area contributed by atoms with Gasteiger partial charge in [0, 0.05) is 39.3 Å². The largest absolute Gasteiger partial charge is 0.379 e. The maximum atomic E-state index is 5.41. The van der Waals surface area contributed by atoms with Gasteiger partial charge in [-0.1, -0.05) is 0 Å². The number of likely N-dealkylation sites (N-methyl/N-ethyl adjacent to an activating group) is 1. The molecule has 2 rings (SSSR count). The molecule has 2 aliphatic heterocycles. The summed E-state index contributed by atoms with van der Waals surface area (Å²) in [4.78, 5) is 9.04. The predicted molar refractivity (Wildman–Crippen MR) is 64.8 cm³/mol. The number of nitrogens with zero attached hydrogens (tertiary/aromatic N) is 3. The number of hydrogen-bond donors (Lipinski definition) is 1. The van der Waals surface area contributed by atoms with Crippen molar-refractivity contribution >= 4 is 5.96 Å². The zero-order chi connectivity index (χ0) is 11.4. The van der Waals surface area contributed by atoms with E-state index in [0.29, 0.717) is 6.04 Å². The second kappa shape index (κ2) is 5.50. The predicted octanol–water partition coefficient (Wildman–Crippen LogP) is -0.402. The third-order valence-corrected chi connectivity index (χ3v) is 3.25. The fraction of sp³-hybridized carbons (Fsp3) is 0.909. The van der Waals surface area contributed by atoms with Gasteiger partial charge >= 0.3 is 0 Å². The second-order valence-corrected chi connectivity index (χ2v) is 4.51. The van der Waals surface area contributed by atoms with Crippen LogP contribution in [0.1, 0.15) is 6.92 Å². The Labute approximate surface area is 97.5 Å². The van der Waals surface area contributed by atoms with Crippen molar-refractivity contribution in [1.82, 2.24) is 15.1 Å². The normalized spacial score (nSPS) is 27.0. The van der Waals surface area contributed by atoms with Gasteiger partial charge in [-0.3, -0.25) is 9.89 Å². The molecule has 2 heterocycles. The van der Waals surface area contributed by atoms with Crippen LogP contribution in [0, 0.1) is 0 Å². The van der Waals surface area contributed by atoms with E-state index in [9.17, 15) is 0 Å². The standard InChI is InChI=1S/C11H22N4O/c1-10-9-16-8-7-15(10)6-4-13-11-12-3-5-14(11)2/h10H,3-9H2,1-2H3,(H,12,13). The van der Waals surface area contributed by atoms with E-state index in [4.69, 9.17) is 4.74 Å². The van der Waals surface area contributed by atoms with Crippen LogP contribution in [-0.4, -0.2) is 74.8 Å². The fourth-order valence-electron chi connectivity index (χ4n) is 2.13. The van der Waals surface area contributed by atoms with Crippen LogP contribution in [0.5, 0.6) is 0 Å². The molecule has 1 fully saturated rings. The molecule has 0 amide bonds. The Morgan fingerprint density at radius 1 is 1.50 bits per heavy atom. The molecule has 1 atom stereocenters. The van der Waals surface area contributed by atoms with Crippen LogP contribution in [0.25, 0.3) is 0 Å². The van der Waals surface area contributed by atoms with Crippen LogP contribution < -0.4 is 5.32 Å². The lowest BCUT2D eigenvalue weighted by Crippen LogP contribution is -2.47. The highest BCUT2D eigenvalue weighted by Gasteiger charge is 2.18. The lowest BCUT2D eigenvalue weighted by atomic mass is 10.2. The summed E-state index contributed by atoms with van der Waals surface area (Å²) < 4.78 is 5.41. The number of rotatable bonds is 3. The number of ether oxygens (including phenoxy) is 1. The Morgan fingerprint density at radius 3 is 3.06 bits per heavy atom. The molecule has 92 valence electrons. The fourth-order valence-corrected chi connectivity index (χ4v) is 2.13. The van der Waals surface area contributed by atoms with Crippen LogP contribution in [0.3, 0.4) is 0 Å². The molecule has 0 aliphatic carbocycles. The molecule has 1 saturated heterocycles. The zero-order valence-corrected chi connectivity index (χ0v) is 10.3. The summed E-state index contributed by atoms with van der Waals surface area (Å²) in [6.07, 6.45) is 0. The van der Waals surface area contributed by atoms with Gasteiger partial charge < -0.3 is 15.0 Å². The molecule has 0 saturated carbocycles. The molecule has 0 radical (unpaired) electrons. The van der Waals surface area contributed by atoms with Crippen LogP contribution in [0.4, 0.5) is 0 Å². The molecule has 5 nitrogen and oxygen atoms in total. The number of morpholine rings is 1. The number of nitrogens with one attached hydrogen (secondary N) is 1. The quantitative estimate of drug-likeness (QED) is 0.711. The third-order valence-electron chi connectivity index (χ3n) is 3.25. The molecule has 5 heteroatoms. The van der Waals surface area contributed by atoms with Crippen molar-refractivity contribution in [3.8, 4) is 0 Å². The molecule has 0 aromatic carbocycles. The molecule has 0 spiro atoms. The van der Waals surface area contributed by atoms with Crippen molar-refractivity contribution < 1.29 is 4.74 Å². The molecule has 1 unspecified atom stereocenters. The number of hydrogen-bond acceptors (Lipinski definition) is 5. The van der Waals surface area contributed by atoms with E-state index in [1.807, 2.05) is 0 Å². The summed E-state index contributed by atoms with van der Waals surface area (Å²) in [5, 5.41) is 3.39. The van der Waals surface area contributed by atoms with Gasteiger partial charge in [-0.05, 0) is 6.92 Å². The Hall–Kier alpha value is -0.810. The van der Waals surface area contributed by atoms with Crippen molar-refractivity contribution in [2.24, 2.45) is 4.99 Å². The van der Waals surface area contributed by atoms with Crippen LogP contribution in [0.2, 0.25) is 0 Å². The molecule has 1 N–H and O–H groups in total. The van der Waals surface area contributed by atoms with Gasteiger partial charge in [-0.25, -0.2) is 0 Å². The van der Waals surface area contributed by atoms with Gasteiger partial charge in [0.15, 0.2) is 5.96 Å². The van der Waals surface area contributed by atoms with Gasteiger partial charge in [0.25, 0.3) is 0 Å². The summed E-state index contributed by atoms with van der Waals surface area (Å²) in [7, 11) is 2.08. The average molecular weight is 226 g/mol. The highest BCUT2D eigenvalue weighted by Crippen LogP contribution is 2.04. The molecule has 2 aliphatic rings. The van der Waals surface area contributed by atoms with Crippen molar-refractivity contribution in [3.05, 3.63) is 0 Å². The van der Waals surface area contributed by atoms with Crippen molar-refractivity contribution in [1.29, 1.82) is 0 Å². The summed E-state index contributed by atoms with van der Waals surface area (Å²) >= 11 is 0. The first-order valence-electron chi connectivity index (χ1n) is 6.08.